The largest absolute Gasteiger partial charge is 0.396 e. The minimum absolute atomic E-state index is 0.0460. The molecule has 1 saturated carbocycles. The molecule has 1 aliphatic carbocycles. The van der Waals surface area contributed by atoms with Crippen molar-refractivity contribution in [2.24, 2.45) is 5.92 Å². The maximum Gasteiger partial charge on any atom is 0.233 e. The highest BCUT2D eigenvalue weighted by atomic mass is 35.5. The molecule has 2 unspecified atom stereocenters. The van der Waals surface area contributed by atoms with E-state index in [4.69, 9.17) is 11.6 Å². The second kappa shape index (κ2) is 5.05. The van der Waals surface area contributed by atoms with E-state index in [1.807, 2.05) is 23.1 Å². The van der Waals surface area contributed by atoms with Crippen LogP contribution in [0.3, 0.4) is 0 Å². The fourth-order valence-electron chi connectivity index (χ4n) is 3.60. The Labute approximate surface area is 124 Å². The number of hydrogen-bond donors (Lipinski definition) is 1. The summed E-state index contributed by atoms with van der Waals surface area (Å²) in [5.74, 6) is 0.226. The van der Waals surface area contributed by atoms with Crippen molar-refractivity contribution < 1.29 is 9.90 Å². The van der Waals surface area contributed by atoms with Crippen molar-refractivity contribution >= 4 is 17.5 Å². The number of benzene rings is 1. The minimum atomic E-state index is -0.513. The van der Waals surface area contributed by atoms with Gasteiger partial charge in [0.25, 0.3) is 0 Å². The van der Waals surface area contributed by atoms with Crippen LogP contribution in [0, 0.1) is 5.92 Å². The summed E-state index contributed by atoms with van der Waals surface area (Å²) in [7, 11) is 0. The van der Waals surface area contributed by atoms with Gasteiger partial charge in [-0.3, -0.25) is 4.79 Å². The quantitative estimate of drug-likeness (QED) is 0.929. The Morgan fingerprint density at radius 1 is 1.50 bits per heavy atom. The maximum absolute atomic E-state index is 12.9. The van der Waals surface area contributed by atoms with Crippen LogP contribution in [0.4, 0.5) is 0 Å². The van der Waals surface area contributed by atoms with Crippen LogP contribution in [0.1, 0.15) is 30.9 Å². The molecule has 20 heavy (non-hydrogen) atoms. The van der Waals surface area contributed by atoms with Gasteiger partial charge in [0.2, 0.25) is 5.91 Å². The predicted octanol–water partition coefficient (Wildman–Crippen LogP) is 2.38. The van der Waals surface area contributed by atoms with Crippen LogP contribution < -0.4 is 0 Å². The first-order chi connectivity index (χ1) is 9.65. The van der Waals surface area contributed by atoms with Gasteiger partial charge in [0.1, 0.15) is 0 Å². The molecule has 1 amide bonds. The van der Waals surface area contributed by atoms with Gasteiger partial charge in [-0.15, -0.1) is 0 Å². The van der Waals surface area contributed by atoms with Crippen molar-refractivity contribution in [1.82, 2.24) is 4.90 Å². The number of amides is 1. The Balaban J connectivity index is 2.09. The van der Waals surface area contributed by atoms with Gasteiger partial charge in [-0.2, -0.15) is 0 Å². The van der Waals surface area contributed by atoms with Gasteiger partial charge in [-0.1, -0.05) is 30.7 Å². The summed E-state index contributed by atoms with van der Waals surface area (Å²) in [5, 5.41) is 10.3. The third-order valence-electron chi connectivity index (χ3n) is 4.72. The molecule has 0 bridgehead atoms. The highest BCUT2D eigenvalue weighted by molar-refractivity contribution is 6.31. The Bertz CT molecular complexity index is 545. The van der Waals surface area contributed by atoms with Crippen molar-refractivity contribution in [3.63, 3.8) is 0 Å². The molecule has 1 aromatic carbocycles. The molecule has 0 saturated heterocycles. The first-order valence-electron chi connectivity index (χ1n) is 7.33. The summed E-state index contributed by atoms with van der Waals surface area (Å²) in [6, 6.07) is 5.83. The maximum atomic E-state index is 12.9. The molecule has 3 rings (SSSR count). The highest BCUT2D eigenvalue weighted by Crippen LogP contribution is 2.57. The van der Waals surface area contributed by atoms with Gasteiger partial charge < -0.3 is 10.0 Å². The third-order valence-corrected chi connectivity index (χ3v) is 5.07. The summed E-state index contributed by atoms with van der Waals surface area (Å²) in [6.07, 6.45) is 2.51. The molecule has 1 fully saturated rings. The molecule has 3 nitrogen and oxygen atoms in total. The summed E-state index contributed by atoms with van der Waals surface area (Å²) >= 11 is 6.34. The average Bonchev–Trinajstić information content (AvgIpc) is 3.20. The van der Waals surface area contributed by atoms with Crippen molar-refractivity contribution in [1.29, 1.82) is 0 Å². The fraction of sp³-hybridized carbons (Fsp3) is 0.562. The molecule has 1 spiro atoms. The Hall–Kier alpha value is -1.06. The Kier molecular flexibility index (Phi) is 3.51. The fourth-order valence-corrected chi connectivity index (χ4v) is 3.87. The van der Waals surface area contributed by atoms with E-state index in [-0.39, 0.29) is 18.4 Å². The first-order valence-corrected chi connectivity index (χ1v) is 7.71. The van der Waals surface area contributed by atoms with E-state index in [0.717, 1.165) is 48.5 Å². The zero-order valence-electron chi connectivity index (χ0n) is 11.7. The van der Waals surface area contributed by atoms with Crippen LogP contribution in [-0.2, 0) is 16.6 Å². The summed E-state index contributed by atoms with van der Waals surface area (Å²) in [6.45, 7) is 3.66. The lowest BCUT2D eigenvalue weighted by molar-refractivity contribution is -0.134. The lowest BCUT2D eigenvalue weighted by Gasteiger charge is -2.25. The van der Waals surface area contributed by atoms with Crippen LogP contribution in [0.5, 0.6) is 0 Å². The number of nitrogens with zero attached hydrogens (tertiary/aromatic N) is 1. The van der Waals surface area contributed by atoms with Gasteiger partial charge in [0.05, 0.1) is 5.41 Å². The topological polar surface area (TPSA) is 40.5 Å². The van der Waals surface area contributed by atoms with Crippen LogP contribution in [0.15, 0.2) is 18.2 Å². The van der Waals surface area contributed by atoms with Crippen LogP contribution >= 0.6 is 11.6 Å². The predicted molar refractivity (Wildman–Crippen MR) is 78.9 cm³/mol. The molecule has 1 heterocycles. The number of carbonyl (C=O) groups is 1. The van der Waals surface area contributed by atoms with Gasteiger partial charge >= 0.3 is 0 Å². The molecule has 1 aromatic rings. The van der Waals surface area contributed by atoms with E-state index in [1.54, 1.807) is 0 Å². The van der Waals surface area contributed by atoms with Crippen LogP contribution in [0.2, 0.25) is 5.02 Å². The molecular formula is C16H20ClNO2. The lowest BCUT2D eigenvalue weighted by Crippen LogP contribution is -2.40. The molecule has 1 aliphatic heterocycles. The molecule has 1 N–H and O–H groups in total. The molecule has 4 heteroatoms. The molecular weight excluding hydrogens is 274 g/mol. The molecule has 2 aliphatic rings. The number of hydrogen-bond acceptors (Lipinski definition) is 2. The van der Waals surface area contributed by atoms with Crippen molar-refractivity contribution in [3.05, 3.63) is 34.3 Å². The third kappa shape index (κ3) is 1.87. The lowest BCUT2D eigenvalue weighted by atomic mass is 9.88. The first kappa shape index (κ1) is 13.9. The van der Waals surface area contributed by atoms with Crippen molar-refractivity contribution in [2.75, 3.05) is 19.7 Å². The van der Waals surface area contributed by atoms with E-state index >= 15 is 0 Å². The van der Waals surface area contributed by atoms with Gasteiger partial charge in [0, 0.05) is 30.6 Å². The van der Waals surface area contributed by atoms with Gasteiger partial charge in [-0.25, -0.2) is 0 Å². The van der Waals surface area contributed by atoms with Crippen LogP contribution in [-0.4, -0.2) is 35.6 Å². The summed E-state index contributed by atoms with van der Waals surface area (Å²) < 4.78 is 0. The highest BCUT2D eigenvalue weighted by Gasteiger charge is 2.63. The van der Waals surface area contributed by atoms with Gasteiger partial charge in [-0.05, 0) is 36.5 Å². The SMILES string of the molecule is CCCN1CCc2c(Cl)cccc2C2(CC2CO)C1=O. The van der Waals surface area contributed by atoms with E-state index in [9.17, 15) is 9.90 Å². The zero-order chi connectivity index (χ0) is 14.3. The molecule has 2 atom stereocenters. The number of rotatable bonds is 3. The smallest absolute Gasteiger partial charge is 0.233 e. The molecule has 108 valence electrons. The second-order valence-corrected chi connectivity index (χ2v) is 6.27. The molecule has 0 aromatic heterocycles. The van der Waals surface area contributed by atoms with Crippen LogP contribution in [0.25, 0.3) is 0 Å². The number of carbonyl (C=O) groups excluding carboxylic acids is 1. The van der Waals surface area contributed by atoms with E-state index in [1.165, 1.54) is 0 Å². The summed E-state index contributed by atoms with van der Waals surface area (Å²) in [4.78, 5) is 14.9. The second-order valence-electron chi connectivity index (χ2n) is 5.86. The van der Waals surface area contributed by atoms with Crippen molar-refractivity contribution in [3.8, 4) is 0 Å². The van der Waals surface area contributed by atoms with Crippen molar-refractivity contribution in [2.45, 2.75) is 31.6 Å². The zero-order valence-corrected chi connectivity index (χ0v) is 12.5. The number of aliphatic hydroxyl groups is 1. The summed E-state index contributed by atoms with van der Waals surface area (Å²) in [5.41, 5.74) is 1.63. The van der Waals surface area contributed by atoms with E-state index < -0.39 is 5.41 Å². The average molecular weight is 294 g/mol. The normalized spacial score (nSPS) is 28.4. The Morgan fingerprint density at radius 3 is 2.95 bits per heavy atom. The number of halogens is 1. The monoisotopic (exact) mass is 293 g/mol. The van der Waals surface area contributed by atoms with Gasteiger partial charge in [0.15, 0.2) is 0 Å². The van der Waals surface area contributed by atoms with E-state index in [0.29, 0.717) is 0 Å². The Morgan fingerprint density at radius 2 is 2.30 bits per heavy atom. The van der Waals surface area contributed by atoms with E-state index in [2.05, 4.69) is 6.92 Å². The number of aliphatic hydroxyl groups excluding tert-OH is 1. The minimum Gasteiger partial charge on any atom is -0.396 e. The standard InChI is InChI=1S/C16H20ClNO2/c1-2-7-18-8-6-12-13(4-3-5-14(12)17)16(15(18)20)9-11(16)10-19/h3-5,11,19H,2,6-10H2,1H3. The molecule has 0 radical (unpaired) electrons. The number of fused-ring (bicyclic) bond motifs is 2.